The fourth-order valence-corrected chi connectivity index (χ4v) is 2.87. The van der Waals surface area contributed by atoms with Crippen LogP contribution in [-0.4, -0.2) is 12.6 Å². The Morgan fingerprint density at radius 3 is 2.48 bits per heavy atom. The molecule has 1 unspecified atom stereocenters. The van der Waals surface area contributed by atoms with Gasteiger partial charge in [-0.15, -0.1) is 0 Å². The zero-order valence-corrected chi connectivity index (χ0v) is 14.2. The quantitative estimate of drug-likeness (QED) is 0.754. The molecule has 0 bridgehead atoms. The molecule has 0 fully saturated rings. The lowest BCUT2D eigenvalue weighted by molar-refractivity contribution is 0.521. The topological polar surface area (TPSA) is 12.0 Å². The summed E-state index contributed by atoms with van der Waals surface area (Å²) in [4.78, 5) is 0. The fourth-order valence-electron chi connectivity index (χ4n) is 2.36. The molecule has 0 spiro atoms. The van der Waals surface area contributed by atoms with E-state index in [1.165, 1.54) is 17.7 Å². The van der Waals surface area contributed by atoms with Crippen molar-refractivity contribution in [2.75, 3.05) is 6.54 Å². The summed E-state index contributed by atoms with van der Waals surface area (Å²) in [5.41, 5.74) is 2.24. The Kier molecular flexibility index (Phi) is 6.22. The van der Waals surface area contributed by atoms with Gasteiger partial charge in [-0.1, -0.05) is 52.7 Å². The predicted molar refractivity (Wildman–Crippen MR) is 90.4 cm³/mol. The van der Waals surface area contributed by atoms with E-state index in [2.05, 4.69) is 40.3 Å². The number of benzene rings is 2. The van der Waals surface area contributed by atoms with E-state index in [0.29, 0.717) is 5.02 Å². The van der Waals surface area contributed by atoms with Gasteiger partial charge in [-0.05, 0) is 54.8 Å². The Labute approximate surface area is 138 Å². The molecular weight excluding hydrogens is 353 g/mol. The molecule has 0 aliphatic carbocycles. The van der Waals surface area contributed by atoms with Gasteiger partial charge in [0.1, 0.15) is 5.82 Å². The van der Waals surface area contributed by atoms with Gasteiger partial charge in [0.05, 0.1) is 0 Å². The number of halogens is 3. The van der Waals surface area contributed by atoms with Gasteiger partial charge in [-0.25, -0.2) is 4.39 Å². The first-order valence-corrected chi connectivity index (χ1v) is 8.17. The van der Waals surface area contributed by atoms with E-state index >= 15 is 0 Å². The summed E-state index contributed by atoms with van der Waals surface area (Å²) in [5, 5.41) is 3.97. The minimum absolute atomic E-state index is 0.277. The highest BCUT2D eigenvalue weighted by Gasteiger charge is 2.12. The first-order chi connectivity index (χ1) is 10.1. The molecule has 2 rings (SSSR count). The second kappa shape index (κ2) is 7.92. The SMILES string of the molecule is CCNC(Cc1ccc(Br)cc1)Cc1ccc(F)cc1Cl. The third-order valence-electron chi connectivity index (χ3n) is 3.37. The molecule has 0 saturated carbocycles. The fraction of sp³-hybridized carbons (Fsp3) is 0.294. The van der Waals surface area contributed by atoms with Crippen molar-refractivity contribution in [2.24, 2.45) is 0 Å². The van der Waals surface area contributed by atoms with Crippen molar-refractivity contribution < 1.29 is 4.39 Å². The molecule has 0 aromatic heterocycles. The number of hydrogen-bond donors (Lipinski definition) is 1. The second-order valence-electron chi connectivity index (χ2n) is 5.03. The van der Waals surface area contributed by atoms with Gasteiger partial charge in [-0.2, -0.15) is 0 Å². The summed E-state index contributed by atoms with van der Waals surface area (Å²) in [6, 6.07) is 13.2. The van der Waals surface area contributed by atoms with Gasteiger partial charge in [0, 0.05) is 15.5 Å². The third kappa shape index (κ3) is 5.10. The average molecular weight is 371 g/mol. The number of nitrogens with one attached hydrogen (secondary N) is 1. The molecule has 21 heavy (non-hydrogen) atoms. The molecule has 0 radical (unpaired) electrons. The van der Waals surface area contributed by atoms with E-state index < -0.39 is 0 Å². The lowest BCUT2D eigenvalue weighted by Crippen LogP contribution is -2.33. The molecule has 0 aliphatic rings. The number of rotatable bonds is 6. The lowest BCUT2D eigenvalue weighted by atomic mass is 9.99. The van der Waals surface area contributed by atoms with Crippen LogP contribution in [0, 0.1) is 5.82 Å². The van der Waals surface area contributed by atoms with Gasteiger partial charge in [0.2, 0.25) is 0 Å². The summed E-state index contributed by atoms with van der Waals surface area (Å²) in [6.45, 7) is 2.97. The monoisotopic (exact) mass is 369 g/mol. The first-order valence-electron chi connectivity index (χ1n) is 7.00. The predicted octanol–water partition coefficient (Wildman–Crippen LogP) is 5.00. The number of likely N-dealkylation sites (N-methyl/N-ethyl adjacent to an activating group) is 1. The molecule has 0 aliphatic heterocycles. The highest BCUT2D eigenvalue weighted by Crippen LogP contribution is 2.20. The normalized spacial score (nSPS) is 12.4. The third-order valence-corrected chi connectivity index (χ3v) is 4.25. The highest BCUT2D eigenvalue weighted by atomic mass is 79.9. The molecule has 1 nitrogen and oxygen atoms in total. The van der Waals surface area contributed by atoms with Crippen molar-refractivity contribution in [3.8, 4) is 0 Å². The molecule has 1 atom stereocenters. The zero-order valence-electron chi connectivity index (χ0n) is 11.9. The van der Waals surface area contributed by atoms with E-state index in [0.717, 1.165) is 29.4 Å². The van der Waals surface area contributed by atoms with Crippen LogP contribution in [0.5, 0.6) is 0 Å². The summed E-state index contributed by atoms with van der Waals surface area (Å²) in [7, 11) is 0. The van der Waals surface area contributed by atoms with Crippen molar-refractivity contribution in [1.29, 1.82) is 0 Å². The smallest absolute Gasteiger partial charge is 0.124 e. The second-order valence-corrected chi connectivity index (χ2v) is 6.35. The summed E-state index contributed by atoms with van der Waals surface area (Å²) < 4.78 is 14.2. The van der Waals surface area contributed by atoms with Crippen LogP contribution in [-0.2, 0) is 12.8 Å². The van der Waals surface area contributed by atoms with Crippen LogP contribution in [0.2, 0.25) is 5.02 Å². The van der Waals surface area contributed by atoms with Gasteiger partial charge < -0.3 is 5.32 Å². The summed E-state index contributed by atoms with van der Waals surface area (Å²) in [6.07, 6.45) is 1.69. The van der Waals surface area contributed by atoms with E-state index in [4.69, 9.17) is 11.6 Å². The molecule has 0 saturated heterocycles. The van der Waals surface area contributed by atoms with Crippen LogP contribution in [0.4, 0.5) is 4.39 Å². The lowest BCUT2D eigenvalue weighted by Gasteiger charge is -2.19. The maximum Gasteiger partial charge on any atom is 0.124 e. The Morgan fingerprint density at radius 1 is 1.14 bits per heavy atom. The average Bonchev–Trinajstić information content (AvgIpc) is 2.44. The van der Waals surface area contributed by atoms with E-state index in [-0.39, 0.29) is 11.9 Å². The highest BCUT2D eigenvalue weighted by molar-refractivity contribution is 9.10. The van der Waals surface area contributed by atoms with E-state index in [1.807, 2.05) is 12.1 Å². The minimum Gasteiger partial charge on any atom is -0.314 e. The molecule has 0 amide bonds. The van der Waals surface area contributed by atoms with Crippen LogP contribution in [0.3, 0.4) is 0 Å². The van der Waals surface area contributed by atoms with Crippen LogP contribution in [0.15, 0.2) is 46.9 Å². The van der Waals surface area contributed by atoms with Gasteiger partial charge in [0.25, 0.3) is 0 Å². The zero-order chi connectivity index (χ0) is 15.2. The van der Waals surface area contributed by atoms with Crippen molar-refractivity contribution in [1.82, 2.24) is 5.32 Å². The maximum absolute atomic E-state index is 13.1. The van der Waals surface area contributed by atoms with E-state index in [9.17, 15) is 4.39 Å². The molecule has 4 heteroatoms. The van der Waals surface area contributed by atoms with Crippen molar-refractivity contribution in [2.45, 2.75) is 25.8 Å². The van der Waals surface area contributed by atoms with Crippen molar-refractivity contribution in [3.05, 3.63) is 68.9 Å². The van der Waals surface area contributed by atoms with Gasteiger partial charge in [-0.3, -0.25) is 0 Å². The van der Waals surface area contributed by atoms with Crippen LogP contribution in [0.1, 0.15) is 18.1 Å². The Hall–Kier alpha value is -0.900. The molecule has 2 aromatic carbocycles. The van der Waals surface area contributed by atoms with Gasteiger partial charge in [0.15, 0.2) is 0 Å². The van der Waals surface area contributed by atoms with Crippen molar-refractivity contribution >= 4 is 27.5 Å². The van der Waals surface area contributed by atoms with E-state index in [1.54, 1.807) is 6.07 Å². The van der Waals surface area contributed by atoms with Gasteiger partial charge >= 0.3 is 0 Å². The van der Waals surface area contributed by atoms with Crippen LogP contribution < -0.4 is 5.32 Å². The van der Waals surface area contributed by atoms with Crippen LogP contribution >= 0.6 is 27.5 Å². The van der Waals surface area contributed by atoms with Crippen molar-refractivity contribution in [3.63, 3.8) is 0 Å². The molecule has 1 N–H and O–H groups in total. The summed E-state index contributed by atoms with van der Waals surface area (Å²) in [5.74, 6) is -0.295. The molecule has 2 aromatic rings. The molecule has 0 heterocycles. The standard InChI is InChI=1S/C17H18BrClFN/c1-2-21-16(9-12-3-6-14(18)7-4-12)10-13-5-8-15(20)11-17(13)19/h3-8,11,16,21H,2,9-10H2,1H3. The minimum atomic E-state index is -0.295. The Bertz CT molecular complexity index is 586. The summed E-state index contributed by atoms with van der Waals surface area (Å²) >= 11 is 9.57. The largest absolute Gasteiger partial charge is 0.314 e. The Morgan fingerprint density at radius 2 is 1.86 bits per heavy atom. The number of hydrogen-bond acceptors (Lipinski definition) is 1. The maximum atomic E-state index is 13.1. The molecule has 112 valence electrons. The van der Waals surface area contributed by atoms with Crippen LogP contribution in [0.25, 0.3) is 0 Å². The Balaban J connectivity index is 2.09. The molecular formula is C17H18BrClFN. The first kappa shape index (κ1) is 16.5.